The number of esters is 1. The highest BCUT2D eigenvalue weighted by Crippen LogP contribution is 2.28. The predicted molar refractivity (Wildman–Crippen MR) is 51.5 cm³/mol. The van der Waals surface area contributed by atoms with Gasteiger partial charge in [0.15, 0.2) is 6.10 Å². The molecule has 6 heteroatoms. The summed E-state index contributed by atoms with van der Waals surface area (Å²) in [6.07, 6.45) is -1.36. The van der Waals surface area contributed by atoms with Crippen molar-refractivity contribution in [3.8, 4) is 5.88 Å². The monoisotopic (exact) mass is 214 g/mol. The molecule has 0 amide bonds. The molecule has 1 unspecified atom stereocenters. The first kappa shape index (κ1) is 11.5. The van der Waals surface area contributed by atoms with Gasteiger partial charge in [0.1, 0.15) is 0 Å². The Hall–Kier alpha value is -1.56. The Morgan fingerprint density at radius 1 is 1.53 bits per heavy atom. The average molecular weight is 214 g/mol. The molecule has 0 aromatic carbocycles. The third-order valence-electron chi connectivity index (χ3n) is 2.11. The van der Waals surface area contributed by atoms with E-state index in [1.54, 1.807) is 14.0 Å². The number of hydrogen-bond acceptors (Lipinski definition) is 5. The Bertz CT molecular complexity index is 372. The van der Waals surface area contributed by atoms with Gasteiger partial charge in [0, 0.05) is 7.05 Å². The standard InChI is InChI=1S/C9H14N2O4/c1-5-6(7(12)9(13)15-4)8(14-3)11(2)10-5/h7,12H,1-4H3. The number of ether oxygens (including phenoxy) is 2. The number of aliphatic hydroxyl groups is 1. The summed E-state index contributed by atoms with van der Waals surface area (Å²) in [4.78, 5) is 11.2. The molecule has 1 N–H and O–H groups in total. The lowest BCUT2D eigenvalue weighted by Crippen LogP contribution is -2.14. The van der Waals surface area contributed by atoms with Crippen LogP contribution >= 0.6 is 0 Å². The number of aliphatic hydroxyl groups excluding tert-OH is 1. The van der Waals surface area contributed by atoms with Crippen molar-refractivity contribution in [2.45, 2.75) is 13.0 Å². The summed E-state index contributed by atoms with van der Waals surface area (Å²) < 4.78 is 10.9. The molecular weight excluding hydrogens is 200 g/mol. The third kappa shape index (κ3) is 1.94. The number of aromatic nitrogens is 2. The van der Waals surface area contributed by atoms with Crippen molar-refractivity contribution in [3.05, 3.63) is 11.3 Å². The normalized spacial score (nSPS) is 12.3. The van der Waals surface area contributed by atoms with Gasteiger partial charge in [0.25, 0.3) is 0 Å². The summed E-state index contributed by atoms with van der Waals surface area (Å²) in [5.74, 6) is -0.380. The first-order chi connectivity index (χ1) is 7.02. The summed E-state index contributed by atoms with van der Waals surface area (Å²) in [7, 11) is 4.33. The Balaban J connectivity index is 3.17. The van der Waals surface area contributed by atoms with Crippen molar-refractivity contribution in [1.29, 1.82) is 0 Å². The quantitative estimate of drug-likeness (QED) is 0.714. The topological polar surface area (TPSA) is 73.6 Å². The average Bonchev–Trinajstić information content (AvgIpc) is 2.50. The molecule has 0 fully saturated rings. The van der Waals surface area contributed by atoms with E-state index in [-0.39, 0.29) is 0 Å². The van der Waals surface area contributed by atoms with Crippen molar-refractivity contribution in [2.75, 3.05) is 14.2 Å². The second-order valence-electron chi connectivity index (χ2n) is 3.06. The fourth-order valence-electron chi connectivity index (χ4n) is 1.44. The van der Waals surface area contributed by atoms with Crippen LogP contribution in [0.5, 0.6) is 5.88 Å². The highest BCUT2D eigenvalue weighted by atomic mass is 16.5. The molecular formula is C9H14N2O4. The van der Waals surface area contributed by atoms with Crippen LogP contribution in [0.15, 0.2) is 0 Å². The number of carbonyl (C=O) groups is 1. The number of hydrogen-bond donors (Lipinski definition) is 1. The Morgan fingerprint density at radius 2 is 2.13 bits per heavy atom. The largest absolute Gasteiger partial charge is 0.481 e. The van der Waals surface area contributed by atoms with Gasteiger partial charge in [-0.3, -0.25) is 0 Å². The number of nitrogens with zero attached hydrogens (tertiary/aromatic N) is 2. The van der Waals surface area contributed by atoms with Gasteiger partial charge in [-0.1, -0.05) is 0 Å². The van der Waals surface area contributed by atoms with E-state index in [2.05, 4.69) is 9.84 Å². The number of carbonyl (C=O) groups excluding carboxylic acids is 1. The Labute approximate surface area is 87.4 Å². The van der Waals surface area contributed by atoms with Crippen LogP contribution in [0, 0.1) is 6.92 Å². The zero-order valence-corrected chi connectivity index (χ0v) is 9.14. The molecule has 15 heavy (non-hydrogen) atoms. The van der Waals surface area contributed by atoms with Gasteiger partial charge in [-0.05, 0) is 6.92 Å². The molecule has 0 aliphatic carbocycles. The molecule has 84 valence electrons. The first-order valence-corrected chi connectivity index (χ1v) is 4.36. The fraction of sp³-hybridized carbons (Fsp3) is 0.556. The maximum atomic E-state index is 11.2. The molecule has 0 aliphatic heterocycles. The van der Waals surface area contributed by atoms with Crippen LogP contribution in [0.1, 0.15) is 17.4 Å². The smallest absolute Gasteiger partial charge is 0.339 e. The van der Waals surface area contributed by atoms with Gasteiger partial charge in [-0.15, -0.1) is 0 Å². The van der Waals surface area contributed by atoms with E-state index in [0.29, 0.717) is 17.1 Å². The minimum atomic E-state index is -1.36. The predicted octanol–water partition coefficient (Wildman–Crippen LogP) is -0.0565. The van der Waals surface area contributed by atoms with Crippen molar-refractivity contribution < 1.29 is 19.4 Å². The zero-order valence-electron chi connectivity index (χ0n) is 9.14. The highest BCUT2D eigenvalue weighted by Gasteiger charge is 2.27. The number of rotatable bonds is 3. The summed E-state index contributed by atoms with van der Waals surface area (Å²) in [6.45, 7) is 1.68. The Kier molecular flexibility index (Phi) is 3.31. The zero-order chi connectivity index (χ0) is 11.6. The molecule has 0 saturated heterocycles. The SMILES string of the molecule is COC(=O)C(O)c1c(C)nn(C)c1OC. The molecule has 1 rings (SSSR count). The van der Waals surface area contributed by atoms with E-state index in [4.69, 9.17) is 4.74 Å². The molecule has 1 atom stereocenters. The fourth-order valence-corrected chi connectivity index (χ4v) is 1.44. The minimum Gasteiger partial charge on any atom is -0.481 e. The lowest BCUT2D eigenvalue weighted by Gasteiger charge is -2.09. The summed E-state index contributed by atoms with van der Waals surface area (Å²) in [5, 5.41) is 13.7. The maximum Gasteiger partial charge on any atom is 0.339 e. The molecule has 0 radical (unpaired) electrons. The number of aryl methyl sites for hydroxylation is 2. The molecule has 1 heterocycles. The van der Waals surface area contributed by atoms with Gasteiger partial charge in [-0.25, -0.2) is 9.48 Å². The molecule has 6 nitrogen and oxygen atoms in total. The highest BCUT2D eigenvalue weighted by molar-refractivity contribution is 5.77. The molecule has 1 aromatic heterocycles. The van der Waals surface area contributed by atoms with Crippen molar-refractivity contribution in [1.82, 2.24) is 9.78 Å². The summed E-state index contributed by atoms with van der Waals surface area (Å²) >= 11 is 0. The molecule has 1 aromatic rings. The first-order valence-electron chi connectivity index (χ1n) is 4.36. The third-order valence-corrected chi connectivity index (χ3v) is 2.11. The van der Waals surface area contributed by atoms with Crippen LogP contribution in [0.25, 0.3) is 0 Å². The van der Waals surface area contributed by atoms with Crippen molar-refractivity contribution >= 4 is 5.97 Å². The van der Waals surface area contributed by atoms with E-state index in [9.17, 15) is 9.90 Å². The van der Waals surface area contributed by atoms with Crippen LogP contribution in [-0.4, -0.2) is 35.1 Å². The lowest BCUT2D eigenvalue weighted by atomic mass is 10.1. The van der Waals surface area contributed by atoms with Crippen LogP contribution in [0.4, 0.5) is 0 Å². The van der Waals surface area contributed by atoms with Gasteiger partial charge in [0.05, 0.1) is 25.5 Å². The Morgan fingerprint density at radius 3 is 2.60 bits per heavy atom. The minimum absolute atomic E-state index is 0.340. The van der Waals surface area contributed by atoms with Crippen molar-refractivity contribution in [3.63, 3.8) is 0 Å². The van der Waals surface area contributed by atoms with Crippen LogP contribution in [0.3, 0.4) is 0 Å². The van der Waals surface area contributed by atoms with Gasteiger partial charge in [-0.2, -0.15) is 5.10 Å². The second-order valence-corrected chi connectivity index (χ2v) is 3.06. The van der Waals surface area contributed by atoms with E-state index in [1.807, 2.05) is 0 Å². The van der Waals surface area contributed by atoms with Crippen molar-refractivity contribution in [2.24, 2.45) is 7.05 Å². The van der Waals surface area contributed by atoms with Gasteiger partial charge < -0.3 is 14.6 Å². The molecule has 0 saturated carbocycles. The van der Waals surface area contributed by atoms with Crippen LogP contribution in [-0.2, 0) is 16.6 Å². The van der Waals surface area contributed by atoms with E-state index in [1.165, 1.54) is 18.9 Å². The van der Waals surface area contributed by atoms with Gasteiger partial charge >= 0.3 is 5.97 Å². The second kappa shape index (κ2) is 4.31. The van der Waals surface area contributed by atoms with E-state index in [0.717, 1.165) is 0 Å². The van der Waals surface area contributed by atoms with Crippen LogP contribution < -0.4 is 4.74 Å². The lowest BCUT2D eigenvalue weighted by molar-refractivity contribution is -0.150. The van der Waals surface area contributed by atoms with E-state index >= 15 is 0 Å². The van der Waals surface area contributed by atoms with Crippen LogP contribution in [0.2, 0.25) is 0 Å². The van der Waals surface area contributed by atoms with Gasteiger partial charge in [0.2, 0.25) is 5.88 Å². The summed E-state index contributed by atoms with van der Waals surface area (Å²) in [6, 6.07) is 0. The maximum absolute atomic E-state index is 11.2. The van der Waals surface area contributed by atoms with E-state index < -0.39 is 12.1 Å². The molecule has 0 aliphatic rings. The summed E-state index contributed by atoms with van der Waals surface area (Å²) in [5.41, 5.74) is 0.874. The molecule has 0 bridgehead atoms. The number of methoxy groups -OCH3 is 2. The molecule has 0 spiro atoms.